The molecular formula is C13H13N5O4. The van der Waals surface area contributed by atoms with Gasteiger partial charge in [-0.1, -0.05) is 0 Å². The predicted octanol–water partition coefficient (Wildman–Crippen LogP) is 0.612. The molecule has 22 heavy (non-hydrogen) atoms. The molecule has 0 radical (unpaired) electrons. The molecule has 3 N–H and O–H groups in total. The van der Waals surface area contributed by atoms with Crippen molar-refractivity contribution in [2.45, 2.75) is 13.3 Å². The first kappa shape index (κ1) is 15.2. The minimum atomic E-state index is -0.501. The van der Waals surface area contributed by atoms with Crippen molar-refractivity contribution in [3.05, 3.63) is 61.6 Å². The van der Waals surface area contributed by atoms with Crippen LogP contribution in [0.1, 0.15) is 16.8 Å². The molecule has 0 saturated heterocycles. The van der Waals surface area contributed by atoms with E-state index in [0.29, 0.717) is 16.8 Å². The number of H-pyrrole nitrogens is 2. The topological polar surface area (TPSA) is 133 Å². The fraction of sp³-hybridized carbons (Fsp3) is 0.154. The van der Waals surface area contributed by atoms with Crippen molar-refractivity contribution < 1.29 is 9.72 Å². The summed E-state index contributed by atoms with van der Waals surface area (Å²) in [6, 6.07) is 5.70. The van der Waals surface area contributed by atoms with Gasteiger partial charge in [0.25, 0.3) is 11.2 Å². The Labute approximate surface area is 124 Å². The largest absolute Gasteiger partial charge is 0.302 e. The molecule has 1 amide bonds. The van der Waals surface area contributed by atoms with Crippen molar-refractivity contribution in [1.82, 2.24) is 15.6 Å². The van der Waals surface area contributed by atoms with Crippen LogP contribution in [0.25, 0.3) is 0 Å². The predicted molar refractivity (Wildman–Crippen MR) is 78.7 cm³/mol. The van der Waals surface area contributed by atoms with Crippen LogP contribution < -0.4 is 11.0 Å². The molecule has 0 atom stereocenters. The smallest absolute Gasteiger partial charge is 0.269 e. The lowest BCUT2D eigenvalue weighted by atomic mass is 10.2. The summed E-state index contributed by atoms with van der Waals surface area (Å²) in [6.07, 6.45) is 1.26. The number of benzene rings is 1. The van der Waals surface area contributed by atoms with Crippen molar-refractivity contribution in [3.63, 3.8) is 0 Å². The normalized spacial score (nSPS) is 10.8. The van der Waals surface area contributed by atoms with Crippen molar-refractivity contribution >= 4 is 17.8 Å². The van der Waals surface area contributed by atoms with Gasteiger partial charge in [0.1, 0.15) is 0 Å². The fourth-order valence-corrected chi connectivity index (χ4v) is 1.75. The van der Waals surface area contributed by atoms with E-state index in [4.69, 9.17) is 0 Å². The molecule has 0 bridgehead atoms. The Balaban J connectivity index is 1.93. The van der Waals surface area contributed by atoms with Crippen LogP contribution in [0.15, 0.2) is 34.2 Å². The first-order valence-corrected chi connectivity index (χ1v) is 6.30. The second-order valence-corrected chi connectivity index (χ2v) is 4.50. The highest BCUT2D eigenvalue weighted by Gasteiger charge is 2.10. The van der Waals surface area contributed by atoms with Crippen LogP contribution in [0, 0.1) is 17.0 Å². The summed E-state index contributed by atoms with van der Waals surface area (Å²) in [6.45, 7) is 1.68. The maximum atomic E-state index is 11.7. The van der Waals surface area contributed by atoms with Gasteiger partial charge in [0.2, 0.25) is 5.91 Å². The van der Waals surface area contributed by atoms with E-state index in [1.54, 1.807) is 6.92 Å². The number of hydrogen-bond acceptors (Lipinski definition) is 5. The molecule has 0 unspecified atom stereocenters. The van der Waals surface area contributed by atoms with Crippen LogP contribution >= 0.6 is 0 Å². The minimum Gasteiger partial charge on any atom is -0.302 e. The Morgan fingerprint density at radius 1 is 1.36 bits per heavy atom. The van der Waals surface area contributed by atoms with E-state index in [2.05, 4.69) is 20.7 Å². The van der Waals surface area contributed by atoms with Crippen LogP contribution in [0.3, 0.4) is 0 Å². The standard InChI is InChI=1S/C13H13N5O4/c1-8-11(13(20)17-15-8)6-12(19)16-14-7-9-2-4-10(5-3-9)18(21)22/h2-5,7H,6H2,1H3,(H,16,19)(H2,15,17,20). The van der Waals surface area contributed by atoms with Gasteiger partial charge in [-0.25, -0.2) is 5.43 Å². The van der Waals surface area contributed by atoms with E-state index in [1.807, 2.05) is 0 Å². The molecule has 0 aliphatic rings. The first-order valence-electron chi connectivity index (χ1n) is 6.30. The second-order valence-electron chi connectivity index (χ2n) is 4.50. The van der Waals surface area contributed by atoms with E-state index >= 15 is 0 Å². The van der Waals surface area contributed by atoms with Gasteiger partial charge in [-0.3, -0.25) is 24.8 Å². The Morgan fingerprint density at radius 3 is 2.59 bits per heavy atom. The third-order valence-corrected chi connectivity index (χ3v) is 2.93. The molecule has 9 heteroatoms. The lowest BCUT2D eigenvalue weighted by molar-refractivity contribution is -0.384. The Kier molecular flexibility index (Phi) is 4.47. The molecule has 0 aliphatic carbocycles. The minimum absolute atomic E-state index is 0.0247. The summed E-state index contributed by atoms with van der Waals surface area (Å²) in [4.78, 5) is 33.1. The Bertz CT molecular complexity index is 772. The zero-order chi connectivity index (χ0) is 16.1. The second kappa shape index (κ2) is 6.48. The summed E-state index contributed by atoms with van der Waals surface area (Å²) < 4.78 is 0. The van der Waals surface area contributed by atoms with E-state index in [9.17, 15) is 19.7 Å². The number of hydrogen-bond donors (Lipinski definition) is 3. The summed E-state index contributed by atoms with van der Waals surface area (Å²) >= 11 is 0. The van der Waals surface area contributed by atoms with Crippen LogP contribution in [0.4, 0.5) is 5.69 Å². The molecule has 9 nitrogen and oxygen atoms in total. The quantitative estimate of drug-likeness (QED) is 0.424. The molecule has 1 aromatic carbocycles. The molecule has 0 fully saturated rings. The number of nitro benzene ring substituents is 1. The fourth-order valence-electron chi connectivity index (χ4n) is 1.75. The molecular weight excluding hydrogens is 290 g/mol. The number of nitrogens with one attached hydrogen (secondary N) is 3. The maximum absolute atomic E-state index is 11.7. The zero-order valence-electron chi connectivity index (χ0n) is 11.6. The highest BCUT2D eigenvalue weighted by molar-refractivity contribution is 5.83. The van der Waals surface area contributed by atoms with E-state index in [1.165, 1.54) is 30.5 Å². The lowest BCUT2D eigenvalue weighted by Gasteiger charge is -1.98. The van der Waals surface area contributed by atoms with E-state index < -0.39 is 10.8 Å². The number of nitrogens with zero attached hydrogens (tertiary/aromatic N) is 2. The van der Waals surface area contributed by atoms with Gasteiger partial charge >= 0.3 is 0 Å². The summed E-state index contributed by atoms with van der Waals surface area (Å²) in [7, 11) is 0. The van der Waals surface area contributed by atoms with Gasteiger partial charge in [-0.05, 0) is 24.6 Å². The van der Waals surface area contributed by atoms with Crippen LogP contribution in [-0.2, 0) is 11.2 Å². The maximum Gasteiger partial charge on any atom is 0.269 e. The molecule has 114 valence electrons. The van der Waals surface area contributed by atoms with Crippen molar-refractivity contribution in [2.24, 2.45) is 5.10 Å². The van der Waals surface area contributed by atoms with Gasteiger partial charge in [-0.15, -0.1) is 0 Å². The van der Waals surface area contributed by atoms with Gasteiger partial charge in [-0.2, -0.15) is 5.10 Å². The molecule has 0 saturated carbocycles. The summed E-state index contributed by atoms with van der Waals surface area (Å²) in [5.41, 5.74) is 3.47. The third kappa shape index (κ3) is 3.66. The average molecular weight is 303 g/mol. The monoisotopic (exact) mass is 303 g/mol. The highest BCUT2D eigenvalue weighted by atomic mass is 16.6. The van der Waals surface area contributed by atoms with Gasteiger partial charge < -0.3 is 5.10 Å². The van der Waals surface area contributed by atoms with Gasteiger partial charge in [0.05, 0.1) is 17.6 Å². The number of nitro groups is 1. The SMILES string of the molecule is Cc1[nH][nH]c(=O)c1CC(=O)NN=Cc1ccc([N+](=O)[O-])cc1. The van der Waals surface area contributed by atoms with Crippen LogP contribution in [0.2, 0.25) is 0 Å². The number of carbonyl (C=O) groups excluding carboxylic acids is 1. The molecule has 0 spiro atoms. The Morgan fingerprint density at radius 2 is 2.05 bits per heavy atom. The van der Waals surface area contributed by atoms with Crippen LogP contribution in [0.5, 0.6) is 0 Å². The molecule has 2 rings (SSSR count). The number of amides is 1. The van der Waals surface area contributed by atoms with Crippen molar-refractivity contribution in [1.29, 1.82) is 0 Å². The number of hydrazone groups is 1. The first-order chi connectivity index (χ1) is 10.5. The Hall–Kier alpha value is -3.23. The average Bonchev–Trinajstić information content (AvgIpc) is 2.79. The van der Waals surface area contributed by atoms with Gasteiger partial charge in [0.15, 0.2) is 0 Å². The number of carbonyl (C=O) groups is 1. The van der Waals surface area contributed by atoms with Gasteiger partial charge in [0, 0.05) is 23.4 Å². The van der Waals surface area contributed by atoms with Crippen molar-refractivity contribution in [2.75, 3.05) is 0 Å². The molecule has 2 aromatic rings. The number of non-ortho nitro benzene ring substituents is 1. The zero-order valence-corrected chi connectivity index (χ0v) is 11.6. The molecule has 1 aromatic heterocycles. The number of aryl methyl sites for hydroxylation is 1. The number of rotatable bonds is 5. The highest BCUT2D eigenvalue weighted by Crippen LogP contribution is 2.10. The number of aromatic amines is 2. The summed E-state index contributed by atoms with van der Waals surface area (Å²) in [5.74, 6) is -0.439. The molecule has 0 aliphatic heterocycles. The van der Waals surface area contributed by atoms with Crippen molar-refractivity contribution in [3.8, 4) is 0 Å². The number of aromatic nitrogens is 2. The van der Waals surface area contributed by atoms with E-state index in [-0.39, 0.29) is 17.7 Å². The summed E-state index contributed by atoms with van der Waals surface area (Å²) in [5, 5.41) is 19.3. The third-order valence-electron chi connectivity index (χ3n) is 2.93. The van der Waals surface area contributed by atoms with E-state index in [0.717, 1.165) is 0 Å². The lowest BCUT2D eigenvalue weighted by Crippen LogP contribution is -2.23. The van der Waals surface area contributed by atoms with Crippen LogP contribution in [-0.4, -0.2) is 27.2 Å². The molecule has 1 heterocycles.